The average Bonchev–Trinajstić information content (AvgIpc) is 2.88. The summed E-state index contributed by atoms with van der Waals surface area (Å²) in [7, 11) is 0. The van der Waals surface area contributed by atoms with E-state index < -0.39 is 35.5 Å². The van der Waals surface area contributed by atoms with E-state index in [4.69, 9.17) is 18.9 Å². The second-order valence-electron chi connectivity index (χ2n) is 4.85. The lowest BCUT2D eigenvalue weighted by molar-refractivity contribution is -0.186. The van der Waals surface area contributed by atoms with Gasteiger partial charge in [-0.25, -0.2) is 0 Å². The summed E-state index contributed by atoms with van der Waals surface area (Å²) in [6, 6.07) is -1.21. The minimum Gasteiger partial charge on any atom is -0.465 e. The largest absolute Gasteiger partial charge is 0.465 e. The molecule has 0 aliphatic carbocycles. The van der Waals surface area contributed by atoms with Crippen molar-refractivity contribution < 1.29 is 33.3 Å². The third-order valence-electron chi connectivity index (χ3n) is 3.59. The highest BCUT2D eigenvalue weighted by Gasteiger charge is 2.67. The topological polar surface area (TPSA) is 100 Å². The van der Waals surface area contributed by atoms with Crippen molar-refractivity contribution in [1.82, 2.24) is 5.32 Å². The molecule has 1 saturated heterocycles. The molecule has 1 aliphatic heterocycles. The normalized spacial score (nSPS) is 22.4. The van der Waals surface area contributed by atoms with Crippen molar-refractivity contribution in [1.29, 1.82) is 0 Å². The van der Waals surface area contributed by atoms with Gasteiger partial charge in [0.1, 0.15) is 6.04 Å². The molecule has 1 heterocycles. The lowest BCUT2D eigenvalue weighted by Crippen LogP contribution is -2.59. The van der Waals surface area contributed by atoms with Crippen LogP contribution in [0.3, 0.4) is 0 Å². The van der Waals surface area contributed by atoms with Crippen LogP contribution in [0.1, 0.15) is 27.7 Å². The molecule has 132 valence electrons. The molecule has 1 N–H and O–H groups in total. The van der Waals surface area contributed by atoms with Gasteiger partial charge in [-0.3, -0.25) is 14.4 Å². The molecule has 0 amide bonds. The van der Waals surface area contributed by atoms with Gasteiger partial charge in [0.2, 0.25) is 5.41 Å². The predicted octanol–water partition coefficient (Wildman–Crippen LogP) is 0.0390. The summed E-state index contributed by atoms with van der Waals surface area (Å²) in [5.74, 6) is -2.41. The van der Waals surface area contributed by atoms with Crippen LogP contribution in [0.15, 0.2) is 0 Å². The molecule has 0 unspecified atom stereocenters. The van der Waals surface area contributed by atoms with Crippen LogP contribution in [-0.4, -0.2) is 63.0 Å². The van der Waals surface area contributed by atoms with E-state index in [1.807, 2.05) is 0 Å². The molecule has 1 fully saturated rings. The van der Waals surface area contributed by atoms with Crippen LogP contribution in [0.25, 0.3) is 0 Å². The molecule has 0 saturated carbocycles. The minimum atomic E-state index is -1.91. The van der Waals surface area contributed by atoms with Gasteiger partial charge in [-0.05, 0) is 27.7 Å². The summed E-state index contributed by atoms with van der Waals surface area (Å²) in [4.78, 5) is 37.5. The first-order chi connectivity index (χ1) is 11.0. The molecular formula is C15H25NO7. The highest BCUT2D eigenvalue weighted by molar-refractivity contribution is 6.07. The van der Waals surface area contributed by atoms with E-state index in [0.29, 0.717) is 0 Å². The number of ether oxygens (including phenoxy) is 4. The summed E-state index contributed by atoms with van der Waals surface area (Å²) in [5, 5.41) is 2.84. The zero-order chi connectivity index (χ0) is 17.5. The van der Waals surface area contributed by atoms with Crippen molar-refractivity contribution in [3.05, 3.63) is 0 Å². The number of rotatable bonds is 8. The van der Waals surface area contributed by atoms with E-state index >= 15 is 0 Å². The van der Waals surface area contributed by atoms with Crippen LogP contribution in [-0.2, 0) is 33.3 Å². The van der Waals surface area contributed by atoms with Crippen LogP contribution in [0.2, 0.25) is 0 Å². The fraction of sp³-hybridized carbons (Fsp3) is 0.800. The van der Waals surface area contributed by atoms with E-state index in [2.05, 4.69) is 5.32 Å². The third kappa shape index (κ3) is 3.64. The quantitative estimate of drug-likeness (QED) is 0.378. The van der Waals surface area contributed by atoms with E-state index in [0.717, 1.165) is 0 Å². The van der Waals surface area contributed by atoms with Crippen molar-refractivity contribution >= 4 is 17.9 Å². The van der Waals surface area contributed by atoms with E-state index in [1.165, 1.54) is 0 Å². The first-order valence-electron chi connectivity index (χ1n) is 7.86. The molecule has 23 heavy (non-hydrogen) atoms. The monoisotopic (exact) mass is 331 g/mol. The summed E-state index contributed by atoms with van der Waals surface area (Å²) in [5.41, 5.74) is -1.91. The lowest BCUT2D eigenvalue weighted by atomic mass is 9.78. The van der Waals surface area contributed by atoms with Gasteiger partial charge < -0.3 is 24.3 Å². The zero-order valence-corrected chi connectivity index (χ0v) is 14.0. The highest BCUT2D eigenvalue weighted by atomic mass is 16.6. The molecule has 0 aromatic rings. The first-order valence-corrected chi connectivity index (χ1v) is 7.86. The van der Waals surface area contributed by atoms with Crippen LogP contribution in [0.5, 0.6) is 0 Å². The van der Waals surface area contributed by atoms with E-state index in [-0.39, 0.29) is 33.0 Å². The van der Waals surface area contributed by atoms with Crippen LogP contribution in [0, 0.1) is 5.41 Å². The zero-order valence-electron chi connectivity index (χ0n) is 14.0. The minimum absolute atomic E-state index is 0.0639. The first kappa shape index (κ1) is 19.4. The van der Waals surface area contributed by atoms with Gasteiger partial charge in [0, 0.05) is 13.2 Å². The maximum atomic E-state index is 12.6. The third-order valence-corrected chi connectivity index (χ3v) is 3.59. The van der Waals surface area contributed by atoms with Gasteiger partial charge in [-0.15, -0.1) is 0 Å². The Balaban J connectivity index is 3.34. The molecular weight excluding hydrogens is 306 g/mol. The Morgan fingerprint density at radius 1 is 0.913 bits per heavy atom. The Morgan fingerprint density at radius 3 is 1.87 bits per heavy atom. The molecule has 0 aromatic heterocycles. The molecule has 2 atom stereocenters. The second kappa shape index (κ2) is 8.83. The van der Waals surface area contributed by atoms with Crippen molar-refractivity contribution in [2.75, 3.05) is 33.0 Å². The van der Waals surface area contributed by atoms with Gasteiger partial charge in [0.15, 0.2) is 0 Å². The molecule has 8 nitrogen and oxygen atoms in total. The van der Waals surface area contributed by atoms with Crippen molar-refractivity contribution in [2.45, 2.75) is 39.8 Å². The van der Waals surface area contributed by atoms with Gasteiger partial charge in [-0.1, -0.05) is 0 Å². The van der Waals surface area contributed by atoms with Gasteiger partial charge >= 0.3 is 17.9 Å². The van der Waals surface area contributed by atoms with Crippen LogP contribution in [0.4, 0.5) is 0 Å². The number of hydrogen-bond donors (Lipinski definition) is 1. The Labute approximate surface area is 135 Å². The summed E-state index contributed by atoms with van der Waals surface area (Å²) < 4.78 is 20.7. The number of carbonyl (C=O) groups is 3. The predicted molar refractivity (Wildman–Crippen MR) is 79.5 cm³/mol. The standard InChI is InChI=1S/C15H25NO7/c1-5-20-10-9-16-11(12(17)21-6-2)15(10,13(18)22-7-3)14(19)23-8-4/h10-11,16H,5-9H2,1-4H3/t10-,11-/m0/s1. The maximum absolute atomic E-state index is 12.6. The van der Waals surface area contributed by atoms with Gasteiger partial charge in [0.05, 0.1) is 25.9 Å². The fourth-order valence-electron chi connectivity index (χ4n) is 2.70. The van der Waals surface area contributed by atoms with Crippen molar-refractivity contribution in [3.8, 4) is 0 Å². The second-order valence-corrected chi connectivity index (χ2v) is 4.85. The van der Waals surface area contributed by atoms with Gasteiger partial charge in [-0.2, -0.15) is 0 Å². The Hall–Kier alpha value is -1.67. The van der Waals surface area contributed by atoms with Crippen molar-refractivity contribution in [2.24, 2.45) is 5.41 Å². The smallest absolute Gasteiger partial charge is 0.328 e. The Bertz CT molecular complexity index is 420. The number of hydrogen-bond acceptors (Lipinski definition) is 8. The number of esters is 3. The molecule has 1 rings (SSSR count). The van der Waals surface area contributed by atoms with Crippen LogP contribution >= 0.6 is 0 Å². The molecule has 0 spiro atoms. The van der Waals surface area contributed by atoms with Gasteiger partial charge in [0.25, 0.3) is 0 Å². The highest BCUT2D eigenvalue weighted by Crippen LogP contribution is 2.38. The molecule has 0 radical (unpaired) electrons. The Kier molecular flexibility index (Phi) is 7.44. The number of carbonyl (C=O) groups excluding carboxylic acids is 3. The van der Waals surface area contributed by atoms with E-state index in [1.54, 1.807) is 27.7 Å². The van der Waals surface area contributed by atoms with E-state index in [9.17, 15) is 14.4 Å². The fourth-order valence-corrected chi connectivity index (χ4v) is 2.70. The Morgan fingerprint density at radius 2 is 1.43 bits per heavy atom. The molecule has 0 bridgehead atoms. The SMILES string of the molecule is CCOC(=O)[C@@H]1NC[C@H](OCC)C1(C(=O)OCC)C(=O)OCC. The average molecular weight is 331 g/mol. The molecule has 1 aliphatic rings. The maximum Gasteiger partial charge on any atom is 0.328 e. The number of nitrogens with one attached hydrogen (secondary N) is 1. The molecule has 0 aromatic carbocycles. The summed E-state index contributed by atoms with van der Waals surface area (Å²) >= 11 is 0. The van der Waals surface area contributed by atoms with Crippen molar-refractivity contribution in [3.63, 3.8) is 0 Å². The summed E-state index contributed by atoms with van der Waals surface area (Å²) in [6.45, 7) is 7.27. The lowest BCUT2D eigenvalue weighted by Gasteiger charge is -2.33. The molecule has 8 heteroatoms. The van der Waals surface area contributed by atoms with Crippen LogP contribution < -0.4 is 5.32 Å². The summed E-state index contributed by atoms with van der Waals surface area (Å²) in [6.07, 6.45) is -0.875.